The molecule has 0 bridgehead atoms. The molecule has 7 heteroatoms. The summed E-state index contributed by atoms with van der Waals surface area (Å²) in [5.41, 5.74) is 0.788. The van der Waals surface area contributed by atoms with Gasteiger partial charge in [-0.2, -0.15) is 0 Å². The standard InChI is InChI=1S/C15H15Cl2NO4/c1-15(2)21-12(14(20)22-15)3-4-13(19)18-8-9-5-10(16)7-11(17)6-9/h3,5-7H,4,8H2,1-2H3,(H,18,19). The first-order valence-electron chi connectivity index (χ1n) is 6.59. The number of nitrogens with one attached hydrogen (secondary N) is 1. The molecule has 1 fully saturated rings. The lowest BCUT2D eigenvalue weighted by molar-refractivity contribution is -0.159. The van der Waals surface area contributed by atoms with Crippen LogP contribution in [-0.4, -0.2) is 17.7 Å². The summed E-state index contributed by atoms with van der Waals surface area (Å²) in [6, 6.07) is 5.04. The average Bonchev–Trinajstić information content (AvgIpc) is 2.65. The second-order valence-electron chi connectivity index (χ2n) is 5.22. The number of esters is 1. The van der Waals surface area contributed by atoms with Gasteiger partial charge >= 0.3 is 5.97 Å². The maximum Gasteiger partial charge on any atom is 0.376 e. The van der Waals surface area contributed by atoms with E-state index in [4.69, 9.17) is 32.7 Å². The molecule has 5 nitrogen and oxygen atoms in total. The molecule has 0 saturated carbocycles. The minimum atomic E-state index is -0.989. The number of benzene rings is 1. The van der Waals surface area contributed by atoms with Gasteiger partial charge in [-0.15, -0.1) is 0 Å². The molecule has 0 aliphatic carbocycles. The Kier molecular flexibility index (Phi) is 4.98. The number of ether oxygens (including phenoxy) is 2. The molecule has 0 radical (unpaired) electrons. The van der Waals surface area contributed by atoms with Crippen LogP contribution >= 0.6 is 23.2 Å². The van der Waals surface area contributed by atoms with E-state index in [2.05, 4.69) is 5.32 Å². The van der Waals surface area contributed by atoms with E-state index in [0.717, 1.165) is 5.56 Å². The predicted octanol–water partition coefficient (Wildman–Crippen LogP) is 3.19. The maximum absolute atomic E-state index is 11.8. The minimum Gasteiger partial charge on any atom is -0.445 e. The van der Waals surface area contributed by atoms with Crippen LogP contribution < -0.4 is 5.32 Å². The van der Waals surface area contributed by atoms with Gasteiger partial charge < -0.3 is 14.8 Å². The molecule has 0 spiro atoms. The SMILES string of the molecule is CC1(C)OC(=O)C(=CCC(=O)NCc2cc(Cl)cc(Cl)c2)O1. The fourth-order valence-electron chi connectivity index (χ4n) is 1.90. The molecule has 0 atom stereocenters. The Morgan fingerprint density at radius 2 is 1.86 bits per heavy atom. The van der Waals surface area contributed by atoms with Crippen molar-refractivity contribution >= 4 is 35.1 Å². The van der Waals surface area contributed by atoms with Crippen LogP contribution in [0, 0.1) is 0 Å². The highest BCUT2D eigenvalue weighted by Gasteiger charge is 2.37. The highest BCUT2D eigenvalue weighted by molar-refractivity contribution is 6.34. The Morgan fingerprint density at radius 3 is 2.41 bits per heavy atom. The van der Waals surface area contributed by atoms with Crippen LogP contribution in [0.4, 0.5) is 0 Å². The summed E-state index contributed by atoms with van der Waals surface area (Å²) in [5, 5.41) is 3.71. The van der Waals surface area contributed by atoms with Gasteiger partial charge in [0.25, 0.3) is 0 Å². The summed E-state index contributed by atoms with van der Waals surface area (Å²) in [4.78, 5) is 23.3. The number of cyclic esters (lactones) is 1. The number of hydrogen-bond donors (Lipinski definition) is 1. The zero-order chi connectivity index (χ0) is 16.3. The predicted molar refractivity (Wildman–Crippen MR) is 82.3 cm³/mol. The van der Waals surface area contributed by atoms with Gasteiger partial charge in [0.05, 0.1) is 0 Å². The van der Waals surface area contributed by atoms with Crippen molar-refractivity contribution in [3.8, 4) is 0 Å². The van der Waals surface area contributed by atoms with Crippen LogP contribution in [0.5, 0.6) is 0 Å². The van der Waals surface area contributed by atoms with Crippen LogP contribution in [-0.2, 0) is 25.6 Å². The normalized spacial score (nSPS) is 18.0. The fraction of sp³-hybridized carbons (Fsp3) is 0.333. The van der Waals surface area contributed by atoms with E-state index in [1.165, 1.54) is 6.08 Å². The highest BCUT2D eigenvalue weighted by atomic mass is 35.5. The van der Waals surface area contributed by atoms with Gasteiger partial charge in [0, 0.05) is 36.9 Å². The monoisotopic (exact) mass is 343 g/mol. The molecule has 1 aromatic carbocycles. The van der Waals surface area contributed by atoms with E-state index < -0.39 is 11.8 Å². The Balaban J connectivity index is 1.87. The molecule has 1 aliphatic heterocycles. The molecular weight excluding hydrogens is 329 g/mol. The smallest absolute Gasteiger partial charge is 0.376 e. The maximum atomic E-state index is 11.8. The molecule has 1 aliphatic rings. The van der Waals surface area contributed by atoms with Crippen LogP contribution in [0.2, 0.25) is 10.0 Å². The van der Waals surface area contributed by atoms with Crippen molar-refractivity contribution in [1.29, 1.82) is 0 Å². The third kappa shape index (κ3) is 4.64. The molecule has 1 amide bonds. The zero-order valence-corrected chi connectivity index (χ0v) is 13.6. The van der Waals surface area contributed by atoms with Gasteiger partial charge in [0.15, 0.2) is 0 Å². The third-order valence-corrected chi connectivity index (χ3v) is 3.22. The number of halogens is 2. The van der Waals surface area contributed by atoms with Crippen LogP contribution in [0.15, 0.2) is 30.0 Å². The second-order valence-corrected chi connectivity index (χ2v) is 6.09. The number of amides is 1. The van der Waals surface area contributed by atoms with Crippen molar-refractivity contribution in [2.45, 2.75) is 32.6 Å². The van der Waals surface area contributed by atoms with Crippen LogP contribution in [0.25, 0.3) is 0 Å². The average molecular weight is 344 g/mol. The molecule has 1 N–H and O–H groups in total. The summed E-state index contributed by atoms with van der Waals surface area (Å²) in [7, 11) is 0. The van der Waals surface area contributed by atoms with Crippen molar-refractivity contribution in [3.05, 3.63) is 45.6 Å². The summed E-state index contributed by atoms with van der Waals surface area (Å²) in [6.45, 7) is 3.53. The first kappa shape index (κ1) is 16.6. The Bertz CT molecular complexity index is 620. The first-order valence-corrected chi connectivity index (χ1v) is 7.35. The number of carbonyl (C=O) groups excluding carboxylic acids is 2. The summed E-state index contributed by atoms with van der Waals surface area (Å²) >= 11 is 11.8. The molecule has 0 aromatic heterocycles. The molecule has 1 aromatic rings. The van der Waals surface area contributed by atoms with Gasteiger partial charge in [-0.05, 0) is 29.8 Å². The molecule has 118 valence electrons. The lowest BCUT2D eigenvalue weighted by atomic mass is 10.2. The summed E-state index contributed by atoms with van der Waals surface area (Å²) < 4.78 is 10.2. The second kappa shape index (κ2) is 6.58. The minimum absolute atomic E-state index is 0.00874. The van der Waals surface area contributed by atoms with Crippen molar-refractivity contribution in [2.24, 2.45) is 0 Å². The Hall–Kier alpha value is -1.72. The van der Waals surface area contributed by atoms with E-state index in [1.54, 1.807) is 32.0 Å². The van der Waals surface area contributed by atoms with Gasteiger partial charge in [0.2, 0.25) is 17.5 Å². The van der Waals surface area contributed by atoms with E-state index in [1.807, 2.05) is 0 Å². The van der Waals surface area contributed by atoms with E-state index >= 15 is 0 Å². The number of rotatable bonds is 4. The largest absolute Gasteiger partial charge is 0.445 e. The fourth-order valence-corrected chi connectivity index (χ4v) is 2.47. The lowest BCUT2D eigenvalue weighted by Gasteiger charge is -2.13. The van der Waals surface area contributed by atoms with Gasteiger partial charge in [-0.25, -0.2) is 4.79 Å². The van der Waals surface area contributed by atoms with E-state index in [-0.39, 0.29) is 18.1 Å². The molecule has 2 rings (SSSR count). The van der Waals surface area contributed by atoms with Crippen LogP contribution in [0.3, 0.4) is 0 Å². The first-order chi connectivity index (χ1) is 10.2. The topological polar surface area (TPSA) is 64.6 Å². The molecule has 1 saturated heterocycles. The third-order valence-electron chi connectivity index (χ3n) is 2.78. The van der Waals surface area contributed by atoms with Gasteiger partial charge in [0.1, 0.15) is 0 Å². The van der Waals surface area contributed by atoms with Crippen molar-refractivity contribution in [3.63, 3.8) is 0 Å². The molecular formula is C15H15Cl2NO4. The number of carbonyl (C=O) groups is 2. The van der Waals surface area contributed by atoms with Gasteiger partial charge in [-0.1, -0.05) is 23.2 Å². The summed E-state index contributed by atoms with van der Waals surface area (Å²) in [6.07, 6.45) is 1.41. The number of hydrogen-bond acceptors (Lipinski definition) is 4. The lowest BCUT2D eigenvalue weighted by Crippen LogP contribution is -2.22. The summed E-state index contributed by atoms with van der Waals surface area (Å²) in [5.74, 6) is -1.77. The molecule has 1 heterocycles. The van der Waals surface area contributed by atoms with Crippen molar-refractivity contribution < 1.29 is 19.1 Å². The Morgan fingerprint density at radius 1 is 1.23 bits per heavy atom. The van der Waals surface area contributed by atoms with Crippen molar-refractivity contribution in [1.82, 2.24) is 5.32 Å². The highest BCUT2D eigenvalue weighted by Crippen LogP contribution is 2.26. The molecule has 0 unspecified atom stereocenters. The van der Waals surface area contributed by atoms with Gasteiger partial charge in [-0.3, -0.25) is 4.79 Å². The molecule has 22 heavy (non-hydrogen) atoms. The van der Waals surface area contributed by atoms with E-state index in [9.17, 15) is 9.59 Å². The van der Waals surface area contributed by atoms with E-state index in [0.29, 0.717) is 16.6 Å². The van der Waals surface area contributed by atoms with Crippen molar-refractivity contribution in [2.75, 3.05) is 0 Å². The quantitative estimate of drug-likeness (QED) is 0.673. The van der Waals surface area contributed by atoms with Crippen LogP contribution in [0.1, 0.15) is 25.8 Å². The zero-order valence-electron chi connectivity index (χ0n) is 12.1. The Labute approximate surface area is 138 Å².